The van der Waals surface area contributed by atoms with E-state index in [4.69, 9.17) is 10.00 Å². The van der Waals surface area contributed by atoms with Crippen LogP contribution in [-0.4, -0.2) is 13.4 Å². The van der Waals surface area contributed by atoms with E-state index in [1.807, 2.05) is 18.2 Å². The van der Waals surface area contributed by atoms with Gasteiger partial charge in [0.1, 0.15) is 17.4 Å². The number of nitrogens with zero attached hydrogens (tertiary/aromatic N) is 2. The van der Waals surface area contributed by atoms with Gasteiger partial charge in [0, 0.05) is 6.20 Å². The minimum atomic E-state index is -3.70. The Hall–Kier alpha value is -3.37. The molecule has 29 heavy (non-hydrogen) atoms. The number of aryl methyl sites for hydroxylation is 2. The molecule has 0 fully saturated rings. The Labute approximate surface area is 170 Å². The third kappa shape index (κ3) is 4.92. The Morgan fingerprint density at radius 1 is 1.14 bits per heavy atom. The molecule has 6 nitrogen and oxygen atoms in total. The molecule has 148 valence electrons. The second-order valence-corrected chi connectivity index (χ2v) is 8.23. The maximum Gasteiger partial charge on any atom is 0.261 e. The molecule has 0 amide bonds. The summed E-state index contributed by atoms with van der Waals surface area (Å²) < 4.78 is 33.7. The fourth-order valence-electron chi connectivity index (χ4n) is 2.81. The van der Waals surface area contributed by atoms with Gasteiger partial charge in [-0.25, -0.2) is 13.4 Å². The highest BCUT2D eigenvalue weighted by atomic mass is 32.2. The van der Waals surface area contributed by atoms with Crippen molar-refractivity contribution in [3.05, 3.63) is 77.5 Å². The quantitative estimate of drug-likeness (QED) is 0.607. The standard InChI is InChI=1S/C22H21N3O3S/c1-3-5-17-7-10-20(11-8-17)29(26,27)25-21-12-9-19(14-16(21)2)28-22-18(15-23)6-4-13-24-22/h4,6-14,25H,3,5H2,1-2H3. The molecular formula is C22H21N3O3S. The summed E-state index contributed by atoms with van der Waals surface area (Å²) in [6, 6.07) is 17.1. The fourth-order valence-corrected chi connectivity index (χ4v) is 3.94. The molecule has 0 unspecified atom stereocenters. The minimum Gasteiger partial charge on any atom is -0.438 e. The van der Waals surface area contributed by atoms with Gasteiger partial charge >= 0.3 is 0 Å². The van der Waals surface area contributed by atoms with E-state index in [0.717, 1.165) is 18.4 Å². The molecule has 0 aliphatic carbocycles. The number of anilines is 1. The summed E-state index contributed by atoms with van der Waals surface area (Å²) in [5, 5.41) is 9.13. The number of rotatable bonds is 7. The lowest BCUT2D eigenvalue weighted by atomic mass is 10.1. The van der Waals surface area contributed by atoms with Crippen LogP contribution >= 0.6 is 0 Å². The predicted octanol–water partition coefficient (Wildman–Crippen LogP) is 4.81. The first-order valence-electron chi connectivity index (χ1n) is 9.18. The lowest BCUT2D eigenvalue weighted by Crippen LogP contribution is -2.13. The Kier molecular flexibility index (Phi) is 6.15. The van der Waals surface area contributed by atoms with E-state index in [0.29, 0.717) is 22.6 Å². The fraction of sp³-hybridized carbons (Fsp3) is 0.182. The van der Waals surface area contributed by atoms with Crippen LogP contribution in [0, 0.1) is 18.3 Å². The van der Waals surface area contributed by atoms with E-state index < -0.39 is 10.0 Å². The summed E-state index contributed by atoms with van der Waals surface area (Å²) >= 11 is 0. The van der Waals surface area contributed by atoms with Crippen molar-refractivity contribution in [3.8, 4) is 17.7 Å². The first-order valence-corrected chi connectivity index (χ1v) is 10.7. The summed E-state index contributed by atoms with van der Waals surface area (Å²) in [5.74, 6) is 0.666. The zero-order valence-corrected chi connectivity index (χ0v) is 17.0. The topological polar surface area (TPSA) is 92.1 Å². The third-order valence-electron chi connectivity index (χ3n) is 4.32. The third-order valence-corrected chi connectivity index (χ3v) is 5.70. The molecule has 1 N–H and O–H groups in total. The van der Waals surface area contributed by atoms with Crippen LogP contribution in [0.25, 0.3) is 0 Å². The highest BCUT2D eigenvalue weighted by Crippen LogP contribution is 2.28. The molecule has 0 saturated heterocycles. The Morgan fingerprint density at radius 2 is 1.90 bits per heavy atom. The SMILES string of the molecule is CCCc1ccc(S(=O)(=O)Nc2ccc(Oc3ncccc3C#N)cc2C)cc1. The number of aromatic nitrogens is 1. The van der Waals surface area contributed by atoms with E-state index in [1.54, 1.807) is 49.4 Å². The number of sulfonamides is 1. The number of pyridine rings is 1. The lowest BCUT2D eigenvalue weighted by Gasteiger charge is -2.13. The zero-order chi connectivity index (χ0) is 20.9. The van der Waals surface area contributed by atoms with Crippen LogP contribution < -0.4 is 9.46 Å². The van der Waals surface area contributed by atoms with Crippen LogP contribution in [0.5, 0.6) is 11.6 Å². The normalized spacial score (nSPS) is 10.9. The molecule has 0 aliphatic rings. The summed E-state index contributed by atoms with van der Waals surface area (Å²) in [6.45, 7) is 3.86. The van der Waals surface area contributed by atoms with Gasteiger partial charge in [-0.3, -0.25) is 4.72 Å². The number of nitriles is 1. The van der Waals surface area contributed by atoms with Crippen molar-refractivity contribution in [2.24, 2.45) is 0 Å². The monoisotopic (exact) mass is 407 g/mol. The van der Waals surface area contributed by atoms with Gasteiger partial charge in [-0.2, -0.15) is 5.26 Å². The van der Waals surface area contributed by atoms with Crippen LogP contribution in [0.15, 0.2) is 65.7 Å². The van der Waals surface area contributed by atoms with Crippen molar-refractivity contribution < 1.29 is 13.2 Å². The van der Waals surface area contributed by atoms with E-state index in [9.17, 15) is 8.42 Å². The Bertz CT molecular complexity index is 1150. The summed E-state index contributed by atoms with van der Waals surface area (Å²) in [5.41, 5.74) is 2.57. The molecule has 1 heterocycles. The first kappa shape index (κ1) is 20.4. The molecule has 0 radical (unpaired) electrons. The van der Waals surface area contributed by atoms with Crippen LogP contribution in [0.3, 0.4) is 0 Å². The largest absolute Gasteiger partial charge is 0.438 e. The van der Waals surface area contributed by atoms with Crippen molar-refractivity contribution in [2.45, 2.75) is 31.6 Å². The van der Waals surface area contributed by atoms with Gasteiger partial charge < -0.3 is 4.74 Å². The maximum atomic E-state index is 12.7. The van der Waals surface area contributed by atoms with Crippen LogP contribution in [0.1, 0.15) is 30.0 Å². The second kappa shape index (κ2) is 8.76. The molecule has 3 rings (SSSR count). The van der Waals surface area contributed by atoms with Crippen LogP contribution in [0.4, 0.5) is 5.69 Å². The van der Waals surface area contributed by atoms with Gasteiger partial charge in [-0.15, -0.1) is 0 Å². The highest BCUT2D eigenvalue weighted by Gasteiger charge is 2.16. The van der Waals surface area contributed by atoms with E-state index in [2.05, 4.69) is 16.6 Å². The van der Waals surface area contributed by atoms with Crippen molar-refractivity contribution in [1.82, 2.24) is 4.98 Å². The van der Waals surface area contributed by atoms with E-state index in [-0.39, 0.29) is 10.8 Å². The summed E-state index contributed by atoms with van der Waals surface area (Å²) in [6.07, 6.45) is 3.46. The molecule has 2 aromatic carbocycles. The molecule has 3 aromatic rings. The summed E-state index contributed by atoms with van der Waals surface area (Å²) in [7, 11) is -3.70. The summed E-state index contributed by atoms with van der Waals surface area (Å²) in [4.78, 5) is 4.27. The average Bonchev–Trinajstić information content (AvgIpc) is 2.71. The van der Waals surface area contributed by atoms with Crippen molar-refractivity contribution in [2.75, 3.05) is 4.72 Å². The molecular weight excluding hydrogens is 386 g/mol. The zero-order valence-electron chi connectivity index (χ0n) is 16.2. The van der Waals surface area contributed by atoms with Gasteiger partial charge in [0.2, 0.25) is 5.88 Å². The number of hydrogen-bond acceptors (Lipinski definition) is 5. The molecule has 0 aliphatic heterocycles. The predicted molar refractivity (Wildman–Crippen MR) is 111 cm³/mol. The molecule has 0 saturated carbocycles. The Balaban J connectivity index is 1.79. The number of benzene rings is 2. The van der Waals surface area contributed by atoms with Crippen molar-refractivity contribution >= 4 is 15.7 Å². The Morgan fingerprint density at radius 3 is 2.55 bits per heavy atom. The van der Waals surface area contributed by atoms with Gasteiger partial charge in [-0.1, -0.05) is 25.5 Å². The number of nitrogens with one attached hydrogen (secondary N) is 1. The maximum absolute atomic E-state index is 12.7. The van der Waals surface area contributed by atoms with Gasteiger partial charge in [0.25, 0.3) is 10.0 Å². The second-order valence-electron chi connectivity index (χ2n) is 6.55. The first-order chi connectivity index (χ1) is 13.9. The van der Waals surface area contributed by atoms with E-state index >= 15 is 0 Å². The average molecular weight is 407 g/mol. The molecule has 0 atom stereocenters. The number of ether oxygens (including phenoxy) is 1. The molecule has 7 heteroatoms. The minimum absolute atomic E-state index is 0.204. The molecule has 1 aromatic heterocycles. The van der Waals surface area contributed by atoms with E-state index in [1.165, 1.54) is 6.20 Å². The van der Waals surface area contributed by atoms with Crippen molar-refractivity contribution in [3.63, 3.8) is 0 Å². The molecule has 0 bridgehead atoms. The lowest BCUT2D eigenvalue weighted by molar-refractivity contribution is 0.461. The number of hydrogen-bond donors (Lipinski definition) is 1. The smallest absolute Gasteiger partial charge is 0.261 e. The van der Waals surface area contributed by atoms with Gasteiger partial charge in [0.15, 0.2) is 0 Å². The van der Waals surface area contributed by atoms with Crippen LogP contribution in [-0.2, 0) is 16.4 Å². The molecule has 0 spiro atoms. The van der Waals surface area contributed by atoms with Gasteiger partial charge in [0.05, 0.1) is 10.6 Å². The highest BCUT2D eigenvalue weighted by molar-refractivity contribution is 7.92. The van der Waals surface area contributed by atoms with Gasteiger partial charge in [-0.05, 0) is 66.9 Å². The van der Waals surface area contributed by atoms with Crippen molar-refractivity contribution in [1.29, 1.82) is 5.26 Å². The van der Waals surface area contributed by atoms with Crippen LogP contribution in [0.2, 0.25) is 0 Å².